The predicted octanol–water partition coefficient (Wildman–Crippen LogP) is 7.33. The van der Waals surface area contributed by atoms with Gasteiger partial charge in [-0.3, -0.25) is 0 Å². The van der Waals surface area contributed by atoms with E-state index < -0.39 is 0 Å². The Morgan fingerprint density at radius 3 is 2.11 bits per heavy atom. The Morgan fingerprint density at radius 1 is 1.04 bits per heavy atom. The van der Waals surface area contributed by atoms with Gasteiger partial charge in [0.15, 0.2) is 0 Å². The molecule has 2 rings (SSSR count). The maximum absolute atomic E-state index is 8.81. The van der Waals surface area contributed by atoms with Gasteiger partial charge < -0.3 is 4.79 Å². The van der Waals surface area contributed by atoms with E-state index in [1.807, 2.05) is 13.0 Å². The molecule has 0 heterocycles. The van der Waals surface area contributed by atoms with Crippen LogP contribution < -0.4 is 0 Å². The highest BCUT2D eigenvalue weighted by atomic mass is 16.1. The molecule has 0 N–H and O–H groups in total. The van der Waals surface area contributed by atoms with Crippen LogP contribution in [0.15, 0.2) is 60.7 Å². The van der Waals surface area contributed by atoms with Crippen LogP contribution in [0.25, 0.3) is 5.57 Å². The first kappa shape index (κ1) is 22.9. The molecule has 1 aliphatic rings. The standard InChI is InChI=1S/C24H32.C2H4O/c1-8-10-19(11-9-2)16-18(3)20-12-13-21-22(17-20)24(6,7)15-14-23(21,4)5;1-2-3/h8-13,16-17H,1,14-15H2,2-7H3;2H,1H3/b11-9-,18-16+,19-10+;. The number of aldehydes is 1. The van der Waals surface area contributed by atoms with Crippen LogP contribution in [0.3, 0.4) is 0 Å². The summed E-state index contributed by atoms with van der Waals surface area (Å²) in [7, 11) is 0. The number of benzene rings is 1. The molecular weight excluding hydrogens is 328 g/mol. The fourth-order valence-corrected chi connectivity index (χ4v) is 3.65. The van der Waals surface area contributed by atoms with Gasteiger partial charge in [0, 0.05) is 0 Å². The fourth-order valence-electron chi connectivity index (χ4n) is 3.65. The molecule has 0 aliphatic heterocycles. The van der Waals surface area contributed by atoms with Crippen molar-refractivity contribution in [2.24, 2.45) is 0 Å². The molecular formula is C26H36O. The normalized spacial score (nSPS) is 18.3. The topological polar surface area (TPSA) is 17.1 Å². The van der Waals surface area contributed by atoms with Gasteiger partial charge in [0.2, 0.25) is 0 Å². The third-order valence-corrected chi connectivity index (χ3v) is 5.36. The first-order valence-electron chi connectivity index (χ1n) is 9.82. The van der Waals surface area contributed by atoms with Crippen LogP contribution in [0, 0.1) is 0 Å². The zero-order valence-electron chi connectivity index (χ0n) is 18.2. The first-order chi connectivity index (χ1) is 12.6. The monoisotopic (exact) mass is 364 g/mol. The third kappa shape index (κ3) is 5.92. The van der Waals surface area contributed by atoms with Crippen LogP contribution in [-0.4, -0.2) is 6.29 Å². The fraction of sp³-hybridized carbons (Fsp3) is 0.423. The number of carbonyl (C=O) groups is 1. The molecule has 1 nitrogen and oxygen atoms in total. The molecule has 0 saturated heterocycles. The van der Waals surface area contributed by atoms with Crippen LogP contribution in [0.1, 0.15) is 78.0 Å². The predicted molar refractivity (Wildman–Crippen MR) is 120 cm³/mol. The van der Waals surface area contributed by atoms with Crippen molar-refractivity contribution < 1.29 is 4.79 Å². The second-order valence-electron chi connectivity index (χ2n) is 8.49. The molecule has 0 saturated carbocycles. The number of hydrogen-bond acceptors (Lipinski definition) is 1. The summed E-state index contributed by atoms with van der Waals surface area (Å²) in [5, 5.41) is 0. The molecule has 146 valence electrons. The molecule has 1 aromatic rings. The average molecular weight is 365 g/mol. The Bertz CT molecular complexity index is 754. The molecule has 1 aromatic carbocycles. The molecule has 1 heteroatoms. The van der Waals surface area contributed by atoms with Crippen molar-refractivity contribution in [3.05, 3.63) is 77.4 Å². The van der Waals surface area contributed by atoms with Gasteiger partial charge >= 0.3 is 0 Å². The van der Waals surface area contributed by atoms with Crippen LogP contribution in [0.2, 0.25) is 0 Å². The largest absolute Gasteiger partial charge is 0.304 e. The van der Waals surface area contributed by atoms with Crippen molar-refractivity contribution in [1.82, 2.24) is 0 Å². The van der Waals surface area contributed by atoms with Crippen LogP contribution in [0.5, 0.6) is 0 Å². The van der Waals surface area contributed by atoms with E-state index in [1.54, 1.807) is 0 Å². The summed E-state index contributed by atoms with van der Waals surface area (Å²) in [5.41, 5.74) is 7.36. The Hall–Kier alpha value is -2.15. The average Bonchev–Trinajstić information content (AvgIpc) is 2.60. The minimum absolute atomic E-state index is 0.254. The summed E-state index contributed by atoms with van der Waals surface area (Å²) in [6.07, 6.45) is 13.6. The number of rotatable bonds is 4. The van der Waals surface area contributed by atoms with E-state index in [2.05, 4.69) is 83.7 Å². The summed E-state index contributed by atoms with van der Waals surface area (Å²) < 4.78 is 0. The quantitative estimate of drug-likeness (QED) is 0.403. The zero-order chi connectivity index (χ0) is 20.7. The molecule has 0 amide bonds. The summed E-state index contributed by atoms with van der Waals surface area (Å²) in [5.74, 6) is 0. The van der Waals surface area contributed by atoms with Crippen molar-refractivity contribution in [3.63, 3.8) is 0 Å². The molecule has 0 fully saturated rings. The van der Waals surface area contributed by atoms with Gasteiger partial charge in [-0.05, 0) is 72.3 Å². The SMILES string of the molecule is C=C/C=C(\C=C/C)/C=C(\C)c1ccc2c(c1)C(C)(C)CCC2(C)C.CC=O. The molecule has 0 spiro atoms. The Balaban J connectivity index is 0.00000114. The van der Waals surface area contributed by atoms with Crippen molar-refractivity contribution in [1.29, 1.82) is 0 Å². The summed E-state index contributed by atoms with van der Waals surface area (Å²) in [6, 6.07) is 7.06. The second-order valence-corrected chi connectivity index (χ2v) is 8.49. The van der Waals surface area contributed by atoms with Gasteiger partial charge in [-0.15, -0.1) is 0 Å². The highest BCUT2D eigenvalue weighted by Gasteiger charge is 2.36. The van der Waals surface area contributed by atoms with Crippen molar-refractivity contribution in [3.8, 4) is 0 Å². The summed E-state index contributed by atoms with van der Waals surface area (Å²) >= 11 is 0. The van der Waals surface area contributed by atoms with Crippen LogP contribution >= 0.6 is 0 Å². The van der Waals surface area contributed by atoms with E-state index in [9.17, 15) is 0 Å². The lowest BCUT2D eigenvalue weighted by Crippen LogP contribution is -2.33. The van der Waals surface area contributed by atoms with Gasteiger partial charge in [-0.1, -0.05) is 82.9 Å². The lowest BCUT2D eigenvalue weighted by molar-refractivity contribution is -0.106. The lowest BCUT2D eigenvalue weighted by Gasteiger charge is -2.42. The zero-order valence-corrected chi connectivity index (χ0v) is 18.2. The smallest absolute Gasteiger partial charge is 0.116 e. The van der Waals surface area contributed by atoms with Gasteiger partial charge in [-0.25, -0.2) is 0 Å². The van der Waals surface area contributed by atoms with Gasteiger partial charge in [-0.2, -0.15) is 0 Å². The number of hydrogen-bond donors (Lipinski definition) is 0. The minimum atomic E-state index is 0.254. The second kappa shape index (κ2) is 9.69. The Labute approximate surface area is 166 Å². The van der Waals surface area contributed by atoms with Gasteiger partial charge in [0.1, 0.15) is 6.29 Å². The molecule has 0 aromatic heterocycles. The Morgan fingerprint density at radius 2 is 1.59 bits per heavy atom. The summed E-state index contributed by atoms with van der Waals surface area (Å²) in [6.45, 7) is 19.0. The number of carbonyl (C=O) groups excluding carboxylic acids is 1. The Kier molecular flexibility index (Phi) is 8.21. The van der Waals surface area contributed by atoms with Crippen LogP contribution in [0.4, 0.5) is 0 Å². The summed E-state index contributed by atoms with van der Waals surface area (Å²) in [4.78, 5) is 8.81. The lowest BCUT2D eigenvalue weighted by atomic mass is 9.63. The van der Waals surface area contributed by atoms with Crippen molar-refractivity contribution in [2.75, 3.05) is 0 Å². The van der Waals surface area contributed by atoms with E-state index in [4.69, 9.17) is 4.79 Å². The molecule has 0 bridgehead atoms. The molecule has 0 unspecified atom stereocenters. The van der Waals surface area contributed by atoms with E-state index >= 15 is 0 Å². The van der Waals surface area contributed by atoms with E-state index in [0.29, 0.717) is 0 Å². The molecule has 0 radical (unpaired) electrons. The third-order valence-electron chi connectivity index (χ3n) is 5.36. The highest BCUT2D eigenvalue weighted by molar-refractivity contribution is 5.69. The highest BCUT2D eigenvalue weighted by Crippen LogP contribution is 2.46. The van der Waals surface area contributed by atoms with Crippen molar-refractivity contribution in [2.45, 2.75) is 72.1 Å². The molecule has 27 heavy (non-hydrogen) atoms. The van der Waals surface area contributed by atoms with Gasteiger partial charge in [0.25, 0.3) is 0 Å². The molecule has 0 atom stereocenters. The van der Waals surface area contributed by atoms with E-state index in [1.165, 1.54) is 47.6 Å². The van der Waals surface area contributed by atoms with E-state index in [-0.39, 0.29) is 10.8 Å². The van der Waals surface area contributed by atoms with Crippen molar-refractivity contribution >= 4 is 11.9 Å². The number of allylic oxidation sites excluding steroid dienone is 7. The minimum Gasteiger partial charge on any atom is -0.304 e. The van der Waals surface area contributed by atoms with E-state index in [0.717, 1.165) is 6.29 Å². The maximum Gasteiger partial charge on any atom is 0.116 e. The van der Waals surface area contributed by atoms with Crippen LogP contribution in [-0.2, 0) is 15.6 Å². The maximum atomic E-state index is 8.81. The first-order valence-corrected chi connectivity index (χ1v) is 9.82. The van der Waals surface area contributed by atoms with Gasteiger partial charge in [0.05, 0.1) is 0 Å². The number of fused-ring (bicyclic) bond motifs is 1. The molecule has 1 aliphatic carbocycles.